The van der Waals surface area contributed by atoms with Crippen molar-refractivity contribution in [3.8, 4) is 0 Å². The normalized spacial score (nSPS) is 20.5. The standard InChI is InChI=1S/C29H39N3O6S/c1-20(21(2)33)15-27(34)26(16-22-9-4-3-5-10-22)30-29(36)23-17-24(31-12-8-11-28(31)35)19-25(18-23)32-13-6-7-14-39(32,37)38/h3-5,9-10,17-20,26-27,29-30,34,36H,6-8,11-16H2,1-2H3/t20-,26+,27+,29?/m1/s1. The molecule has 0 radical (unpaired) electrons. The molecule has 2 heterocycles. The van der Waals surface area contributed by atoms with Crippen molar-refractivity contribution in [2.24, 2.45) is 5.92 Å². The minimum absolute atomic E-state index is 0.0246. The van der Waals surface area contributed by atoms with Gasteiger partial charge < -0.3 is 15.1 Å². The number of ketones is 1. The molecule has 4 atom stereocenters. The summed E-state index contributed by atoms with van der Waals surface area (Å²) in [6, 6.07) is 14.0. The van der Waals surface area contributed by atoms with Gasteiger partial charge in [-0.15, -0.1) is 0 Å². The van der Waals surface area contributed by atoms with Gasteiger partial charge in [-0.3, -0.25) is 19.2 Å². The lowest BCUT2D eigenvalue weighted by Gasteiger charge is -2.31. The first kappa shape index (κ1) is 29.2. The maximum atomic E-state index is 12.9. The predicted molar refractivity (Wildman–Crippen MR) is 151 cm³/mol. The van der Waals surface area contributed by atoms with Gasteiger partial charge in [0, 0.05) is 37.2 Å². The van der Waals surface area contributed by atoms with Crippen LogP contribution < -0.4 is 14.5 Å². The Labute approximate surface area is 230 Å². The van der Waals surface area contributed by atoms with Gasteiger partial charge in [0.15, 0.2) is 0 Å². The van der Waals surface area contributed by atoms with Crippen molar-refractivity contribution in [2.45, 2.75) is 70.7 Å². The van der Waals surface area contributed by atoms with E-state index >= 15 is 0 Å². The largest absolute Gasteiger partial charge is 0.391 e. The number of nitrogens with zero attached hydrogens (tertiary/aromatic N) is 2. The van der Waals surface area contributed by atoms with Gasteiger partial charge in [0.05, 0.1) is 17.5 Å². The van der Waals surface area contributed by atoms with Crippen molar-refractivity contribution in [3.63, 3.8) is 0 Å². The number of hydrogen-bond acceptors (Lipinski definition) is 7. The molecule has 0 aliphatic carbocycles. The van der Waals surface area contributed by atoms with Gasteiger partial charge in [0.2, 0.25) is 15.9 Å². The molecule has 2 saturated heterocycles. The molecular weight excluding hydrogens is 518 g/mol. The van der Waals surface area contributed by atoms with Crippen LogP contribution in [0.15, 0.2) is 48.5 Å². The van der Waals surface area contributed by atoms with E-state index in [9.17, 15) is 28.2 Å². The molecule has 2 aliphatic heterocycles. The van der Waals surface area contributed by atoms with Gasteiger partial charge in [-0.05, 0) is 68.4 Å². The maximum absolute atomic E-state index is 12.9. The SMILES string of the molecule is CC(=O)[C@H](C)C[C@H](O)[C@H](Cc1ccccc1)NC(O)c1cc(N2CCCC2=O)cc(N2CCCCS2(=O)=O)c1. The van der Waals surface area contributed by atoms with Crippen LogP contribution in [0.25, 0.3) is 0 Å². The van der Waals surface area contributed by atoms with E-state index in [1.807, 2.05) is 30.3 Å². The first-order valence-electron chi connectivity index (χ1n) is 13.7. The second kappa shape index (κ2) is 12.6. The highest BCUT2D eigenvalue weighted by atomic mass is 32.2. The minimum atomic E-state index is -3.52. The Bertz CT molecular complexity index is 1270. The molecule has 2 aromatic rings. The zero-order valence-electron chi connectivity index (χ0n) is 22.6. The number of aliphatic hydroxyl groups is 2. The molecule has 1 amide bonds. The van der Waals surface area contributed by atoms with Crippen LogP contribution in [0, 0.1) is 5.92 Å². The molecule has 212 valence electrons. The summed E-state index contributed by atoms with van der Waals surface area (Å²) in [5.74, 6) is -0.367. The van der Waals surface area contributed by atoms with E-state index < -0.39 is 28.4 Å². The second-order valence-electron chi connectivity index (χ2n) is 10.7. The zero-order valence-corrected chi connectivity index (χ0v) is 23.4. The number of carbonyl (C=O) groups is 2. The lowest BCUT2D eigenvalue weighted by Crippen LogP contribution is -2.44. The van der Waals surface area contributed by atoms with Gasteiger partial charge in [-0.1, -0.05) is 37.3 Å². The van der Waals surface area contributed by atoms with Crippen molar-refractivity contribution in [1.29, 1.82) is 0 Å². The summed E-state index contributed by atoms with van der Waals surface area (Å²) in [6.07, 6.45) is 0.893. The molecule has 2 fully saturated rings. The third-order valence-corrected chi connectivity index (χ3v) is 9.56. The number of rotatable bonds is 11. The number of carbonyl (C=O) groups excluding carboxylic acids is 2. The maximum Gasteiger partial charge on any atom is 0.235 e. The molecule has 2 aliphatic rings. The summed E-state index contributed by atoms with van der Waals surface area (Å²) in [6.45, 7) is 4.12. The van der Waals surface area contributed by atoms with E-state index in [2.05, 4.69) is 5.32 Å². The van der Waals surface area contributed by atoms with Crippen LogP contribution in [0.1, 0.15) is 63.3 Å². The van der Waals surface area contributed by atoms with E-state index in [-0.39, 0.29) is 29.8 Å². The molecule has 0 aromatic heterocycles. The molecule has 0 bridgehead atoms. The third-order valence-electron chi connectivity index (χ3n) is 7.69. The molecule has 1 unspecified atom stereocenters. The van der Waals surface area contributed by atoms with Crippen molar-refractivity contribution >= 4 is 33.1 Å². The van der Waals surface area contributed by atoms with E-state index in [0.717, 1.165) is 12.0 Å². The summed E-state index contributed by atoms with van der Waals surface area (Å²) < 4.78 is 27.2. The van der Waals surface area contributed by atoms with Crippen molar-refractivity contribution in [2.75, 3.05) is 28.0 Å². The monoisotopic (exact) mass is 557 g/mol. The number of aliphatic hydroxyl groups excluding tert-OH is 2. The fourth-order valence-electron chi connectivity index (χ4n) is 5.24. The highest BCUT2D eigenvalue weighted by Crippen LogP contribution is 2.33. The smallest absolute Gasteiger partial charge is 0.235 e. The number of Topliss-reactive ketones (excluding diaryl/α,β-unsaturated/α-hetero) is 1. The molecule has 0 spiro atoms. The van der Waals surface area contributed by atoms with Crippen LogP contribution in [-0.4, -0.2) is 61.3 Å². The van der Waals surface area contributed by atoms with Crippen molar-refractivity contribution in [1.82, 2.24) is 5.32 Å². The Morgan fingerprint density at radius 1 is 1.03 bits per heavy atom. The predicted octanol–water partition coefficient (Wildman–Crippen LogP) is 2.91. The second-order valence-corrected chi connectivity index (χ2v) is 12.7. The fraction of sp³-hybridized carbons (Fsp3) is 0.517. The lowest BCUT2D eigenvalue weighted by atomic mass is 9.92. The number of hydrogen-bond donors (Lipinski definition) is 3. The summed E-state index contributed by atoms with van der Waals surface area (Å²) in [5, 5.41) is 25.6. The molecule has 4 rings (SSSR count). The van der Waals surface area contributed by atoms with Crippen LogP contribution in [0.4, 0.5) is 11.4 Å². The van der Waals surface area contributed by atoms with Crippen LogP contribution >= 0.6 is 0 Å². The number of sulfonamides is 1. The average molecular weight is 558 g/mol. The van der Waals surface area contributed by atoms with Crippen LogP contribution in [0.3, 0.4) is 0 Å². The Morgan fingerprint density at radius 3 is 2.38 bits per heavy atom. The summed E-state index contributed by atoms with van der Waals surface area (Å²) >= 11 is 0. The molecule has 0 saturated carbocycles. The molecule has 9 nitrogen and oxygen atoms in total. The Morgan fingerprint density at radius 2 is 1.74 bits per heavy atom. The molecule has 39 heavy (non-hydrogen) atoms. The van der Waals surface area contributed by atoms with Crippen LogP contribution in [0.2, 0.25) is 0 Å². The topological polar surface area (TPSA) is 127 Å². The van der Waals surface area contributed by atoms with Gasteiger partial charge in [-0.25, -0.2) is 8.42 Å². The highest BCUT2D eigenvalue weighted by molar-refractivity contribution is 7.92. The van der Waals surface area contributed by atoms with E-state index in [1.165, 1.54) is 11.2 Å². The van der Waals surface area contributed by atoms with Gasteiger partial charge in [0.25, 0.3) is 0 Å². The minimum Gasteiger partial charge on any atom is -0.391 e. The van der Waals surface area contributed by atoms with Gasteiger partial charge >= 0.3 is 0 Å². The Balaban J connectivity index is 1.66. The highest BCUT2D eigenvalue weighted by Gasteiger charge is 2.31. The number of nitrogens with one attached hydrogen (secondary N) is 1. The summed E-state index contributed by atoms with van der Waals surface area (Å²) in [5.41, 5.74) is 2.30. The van der Waals surface area contributed by atoms with E-state index in [1.54, 1.807) is 30.0 Å². The first-order chi connectivity index (χ1) is 18.5. The first-order valence-corrected chi connectivity index (χ1v) is 15.3. The number of amides is 1. The van der Waals surface area contributed by atoms with Crippen molar-refractivity contribution in [3.05, 3.63) is 59.7 Å². The van der Waals surface area contributed by atoms with Gasteiger partial charge in [0.1, 0.15) is 12.0 Å². The molecule has 3 N–H and O–H groups in total. The zero-order chi connectivity index (χ0) is 28.2. The van der Waals surface area contributed by atoms with Crippen molar-refractivity contribution < 1.29 is 28.2 Å². The van der Waals surface area contributed by atoms with Crippen LogP contribution in [-0.2, 0) is 26.0 Å². The fourth-order valence-corrected chi connectivity index (χ4v) is 6.86. The van der Waals surface area contributed by atoms with E-state index in [4.69, 9.17) is 0 Å². The molecule has 10 heteroatoms. The third kappa shape index (κ3) is 7.25. The lowest BCUT2D eigenvalue weighted by molar-refractivity contribution is -0.121. The van der Waals surface area contributed by atoms with Crippen LogP contribution in [0.5, 0.6) is 0 Å². The van der Waals surface area contributed by atoms with Gasteiger partial charge in [-0.2, -0.15) is 0 Å². The average Bonchev–Trinajstić information content (AvgIpc) is 3.34. The Hall–Kier alpha value is -2.79. The number of anilines is 2. The molecule has 2 aromatic carbocycles. The molecular formula is C29H39N3O6S. The quantitative estimate of drug-likeness (QED) is 0.363. The summed E-state index contributed by atoms with van der Waals surface area (Å²) in [7, 11) is -3.52. The summed E-state index contributed by atoms with van der Waals surface area (Å²) in [4.78, 5) is 26.0. The van der Waals surface area contributed by atoms with E-state index in [0.29, 0.717) is 55.7 Å². The Kier molecular flexibility index (Phi) is 9.43. The number of benzene rings is 2.